The number of methoxy groups -OCH3 is 1. The van der Waals surface area contributed by atoms with Crippen LogP contribution in [0.3, 0.4) is 0 Å². The Hall–Kier alpha value is -3.22. The monoisotopic (exact) mass is 387 g/mol. The lowest BCUT2D eigenvalue weighted by Gasteiger charge is -2.17. The average Bonchev–Trinajstić information content (AvgIpc) is 2.66. The fourth-order valence-electron chi connectivity index (χ4n) is 2.52. The molecule has 2 aromatic carbocycles. The van der Waals surface area contributed by atoms with Crippen LogP contribution < -0.4 is 19.5 Å². The number of carbonyl (C=O) groups excluding carboxylic acids is 1. The van der Waals surface area contributed by atoms with Gasteiger partial charge < -0.3 is 24.6 Å². The molecule has 1 atom stereocenters. The zero-order valence-electron chi connectivity index (χ0n) is 16.4. The van der Waals surface area contributed by atoms with Gasteiger partial charge in [0.05, 0.1) is 19.3 Å². The predicted molar refractivity (Wildman–Crippen MR) is 104 cm³/mol. The lowest BCUT2D eigenvalue weighted by Crippen LogP contribution is -2.26. The molecule has 2 rings (SSSR count). The van der Waals surface area contributed by atoms with Crippen molar-refractivity contribution < 1.29 is 28.9 Å². The largest absolute Gasteiger partial charge is 0.493 e. The van der Waals surface area contributed by atoms with E-state index in [1.807, 2.05) is 20.8 Å². The fourth-order valence-corrected chi connectivity index (χ4v) is 2.52. The highest BCUT2D eigenvalue weighted by molar-refractivity contribution is 5.95. The molecule has 2 N–H and O–H groups in total. The summed E-state index contributed by atoms with van der Waals surface area (Å²) in [5.41, 5.74) is 1.32. The maximum Gasteiger partial charge on any atom is 0.341 e. The molecule has 0 radical (unpaired) electrons. The lowest BCUT2D eigenvalue weighted by atomic mass is 10.1. The summed E-state index contributed by atoms with van der Waals surface area (Å²) in [5, 5.41) is 11.6. The predicted octanol–water partition coefficient (Wildman–Crippen LogP) is 3.44. The summed E-state index contributed by atoms with van der Waals surface area (Å²) in [6.45, 7) is 5.29. The van der Waals surface area contributed by atoms with E-state index in [0.717, 1.165) is 5.56 Å². The number of carbonyl (C=O) groups is 2. The second-order valence-electron chi connectivity index (χ2n) is 6.48. The molecule has 7 nitrogen and oxygen atoms in total. The number of benzene rings is 2. The topological polar surface area (TPSA) is 94.1 Å². The van der Waals surface area contributed by atoms with Crippen molar-refractivity contribution in [2.45, 2.75) is 32.9 Å². The van der Waals surface area contributed by atoms with Crippen molar-refractivity contribution in [3.63, 3.8) is 0 Å². The summed E-state index contributed by atoms with van der Waals surface area (Å²) >= 11 is 0. The van der Waals surface area contributed by atoms with Gasteiger partial charge in [0.2, 0.25) is 0 Å². The van der Waals surface area contributed by atoms with E-state index in [-0.39, 0.29) is 18.1 Å². The van der Waals surface area contributed by atoms with E-state index in [9.17, 15) is 9.59 Å². The van der Waals surface area contributed by atoms with E-state index in [2.05, 4.69) is 5.32 Å². The zero-order chi connectivity index (χ0) is 20.7. The number of carboxylic acid groups (broad SMARTS) is 1. The van der Waals surface area contributed by atoms with Gasteiger partial charge in [-0.2, -0.15) is 0 Å². The Kier molecular flexibility index (Phi) is 7.26. The van der Waals surface area contributed by atoms with Gasteiger partial charge in [-0.15, -0.1) is 0 Å². The molecule has 2 aromatic rings. The molecule has 0 spiro atoms. The minimum absolute atomic E-state index is 0.00366. The van der Waals surface area contributed by atoms with Crippen LogP contribution in [0.5, 0.6) is 17.2 Å². The Bertz CT molecular complexity index is 816. The molecule has 0 aliphatic rings. The van der Waals surface area contributed by atoms with Gasteiger partial charge >= 0.3 is 5.97 Å². The summed E-state index contributed by atoms with van der Waals surface area (Å²) < 4.78 is 16.1. The Morgan fingerprint density at radius 2 is 1.71 bits per heavy atom. The first-order valence-corrected chi connectivity index (χ1v) is 8.90. The van der Waals surface area contributed by atoms with E-state index >= 15 is 0 Å². The van der Waals surface area contributed by atoms with Crippen LogP contribution in [0.4, 0.5) is 0 Å². The van der Waals surface area contributed by atoms with Gasteiger partial charge in [-0.1, -0.05) is 12.1 Å². The summed E-state index contributed by atoms with van der Waals surface area (Å²) in [5.74, 6) is 0.251. The standard InChI is InChI=1S/C21H25NO6/c1-13(2)28-18-10-7-16(11-19(18)26-4)21(25)22-14(3)15-5-8-17(9-6-15)27-12-20(23)24/h5-11,13-14H,12H2,1-4H3,(H,22,25)(H,23,24). The number of ether oxygens (including phenoxy) is 3. The van der Waals surface area contributed by atoms with Crippen LogP contribution >= 0.6 is 0 Å². The quantitative estimate of drug-likeness (QED) is 0.685. The molecule has 0 bridgehead atoms. The molecular weight excluding hydrogens is 362 g/mol. The molecular formula is C21H25NO6. The van der Waals surface area contributed by atoms with Crippen molar-refractivity contribution in [1.29, 1.82) is 0 Å². The van der Waals surface area contributed by atoms with Crippen molar-refractivity contribution in [2.24, 2.45) is 0 Å². The number of hydrogen-bond donors (Lipinski definition) is 2. The molecule has 1 amide bonds. The van der Waals surface area contributed by atoms with Crippen LogP contribution in [0.25, 0.3) is 0 Å². The third kappa shape index (κ3) is 5.90. The normalized spacial score (nSPS) is 11.6. The van der Waals surface area contributed by atoms with Gasteiger partial charge in [-0.05, 0) is 56.7 Å². The molecule has 0 fully saturated rings. The van der Waals surface area contributed by atoms with E-state index in [0.29, 0.717) is 22.8 Å². The van der Waals surface area contributed by atoms with Gasteiger partial charge in [0, 0.05) is 5.56 Å². The Morgan fingerprint density at radius 3 is 2.29 bits per heavy atom. The molecule has 28 heavy (non-hydrogen) atoms. The number of hydrogen-bond acceptors (Lipinski definition) is 5. The fraction of sp³-hybridized carbons (Fsp3) is 0.333. The second-order valence-corrected chi connectivity index (χ2v) is 6.48. The Labute approximate surface area is 164 Å². The summed E-state index contributed by atoms with van der Waals surface area (Å²) in [7, 11) is 1.53. The minimum atomic E-state index is -1.04. The molecule has 150 valence electrons. The maximum atomic E-state index is 12.6. The Balaban J connectivity index is 2.04. The van der Waals surface area contributed by atoms with Crippen molar-refractivity contribution >= 4 is 11.9 Å². The highest BCUT2D eigenvalue weighted by Crippen LogP contribution is 2.29. The summed E-state index contributed by atoms with van der Waals surface area (Å²) in [6, 6.07) is 11.7. The molecule has 0 saturated heterocycles. The third-order valence-electron chi connectivity index (χ3n) is 3.88. The first-order valence-electron chi connectivity index (χ1n) is 8.90. The van der Waals surface area contributed by atoms with E-state index in [1.54, 1.807) is 42.5 Å². The molecule has 1 unspecified atom stereocenters. The van der Waals surface area contributed by atoms with E-state index < -0.39 is 12.6 Å². The SMILES string of the molecule is COc1cc(C(=O)NC(C)c2ccc(OCC(=O)O)cc2)ccc1OC(C)C. The highest BCUT2D eigenvalue weighted by Gasteiger charge is 2.15. The van der Waals surface area contributed by atoms with Crippen molar-refractivity contribution in [3.8, 4) is 17.2 Å². The van der Waals surface area contributed by atoms with Crippen molar-refractivity contribution in [1.82, 2.24) is 5.32 Å². The van der Waals surface area contributed by atoms with Crippen LogP contribution in [0.2, 0.25) is 0 Å². The number of nitrogens with one attached hydrogen (secondary N) is 1. The van der Waals surface area contributed by atoms with E-state index in [4.69, 9.17) is 19.3 Å². The average molecular weight is 387 g/mol. The number of rotatable bonds is 9. The molecule has 0 aliphatic heterocycles. The molecule has 0 aromatic heterocycles. The van der Waals surface area contributed by atoms with Gasteiger partial charge in [-0.25, -0.2) is 4.79 Å². The number of aliphatic carboxylic acids is 1. The van der Waals surface area contributed by atoms with Crippen LogP contribution in [-0.2, 0) is 4.79 Å². The highest BCUT2D eigenvalue weighted by atomic mass is 16.5. The lowest BCUT2D eigenvalue weighted by molar-refractivity contribution is -0.139. The van der Waals surface area contributed by atoms with Gasteiger partial charge in [-0.3, -0.25) is 4.79 Å². The zero-order valence-corrected chi connectivity index (χ0v) is 16.4. The van der Waals surface area contributed by atoms with Gasteiger partial charge in [0.15, 0.2) is 18.1 Å². The summed E-state index contributed by atoms with van der Waals surface area (Å²) in [6.07, 6.45) is -0.00366. The molecule has 0 heterocycles. The molecule has 7 heteroatoms. The molecule has 0 saturated carbocycles. The number of carboxylic acids is 1. The third-order valence-corrected chi connectivity index (χ3v) is 3.88. The van der Waals surface area contributed by atoms with Crippen LogP contribution in [0, 0.1) is 0 Å². The number of amides is 1. The Morgan fingerprint density at radius 1 is 1.04 bits per heavy atom. The smallest absolute Gasteiger partial charge is 0.341 e. The van der Waals surface area contributed by atoms with Crippen LogP contribution in [0.15, 0.2) is 42.5 Å². The molecule has 0 aliphatic carbocycles. The van der Waals surface area contributed by atoms with E-state index in [1.165, 1.54) is 7.11 Å². The minimum Gasteiger partial charge on any atom is -0.493 e. The first kappa shape index (κ1) is 21.1. The van der Waals surface area contributed by atoms with Gasteiger partial charge in [0.1, 0.15) is 5.75 Å². The van der Waals surface area contributed by atoms with Crippen LogP contribution in [0.1, 0.15) is 42.7 Å². The second kappa shape index (κ2) is 9.64. The van der Waals surface area contributed by atoms with Crippen molar-refractivity contribution in [2.75, 3.05) is 13.7 Å². The van der Waals surface area contributed by atoms with Gasteiger partial charge in [0.25, 0.3) is 5.91 Å². The maximum absolute atomic E-state index is 12.6. The van der Waals surface area contributed by atoms with Crippen LogP contribution in [-0.4, -0.2) is 36.8 Å². The van der Waals surface area contributed by atoms with Crippen molar-refractivity contribution in [3.05, 3.63) is 53.6 Å². The summed E-state index contributed by atoms with van der Waals surface area (Å²) in [4.78, 5) is 23.1. The first-order chi connectivity index (χ1) is 13.3.